The zero-order valence-corrected chi connectivity index (χ0v) is 14.3. The van der Waals surface area contributed by atoms with Crippen LogP contribution in [0.2, 0.25) is 0 Å². The molecular formula is C19H17N7O. The van der Waals surface area contributed by atoms with Crippen LogP contribution in [0.5, 0.6) is 0 Å². The summed E-state index contributed by atoms with van der Waals surface area (Å²) in [5, 5.41) is 0. The number of fused-ring (bicyclic) bond motifs is 1. The molecular weight excluding hydrogens is 342 g/mol. The largest absolute Gasteiger partial charge is 0.383 e. The molecule has 0 saturated carbocycles. The van der Waals surface area contributed by atoms with Crippen molar-refractivity contribution in [3.8, 4) is 17.1 Å². The second kappa shape index (κ2) is 6.50. The van der Waals surface area contributed by atoms with Gasteiger partial charge in [0.2, 0.25) is 5.91 Å². The Morgan fingerprint density at radius 3 is 2.56 bits per heavy atom. The van der Waals surface area contributed by atoms with Gasteiger partial charge in [-0.05, 0) is 35.9 Å². The number of hydrogen-bond acceptors (Lipinski definition) is 6. The molecule has 0 radical (unpaired) electrons. The van der Waals surface area contributed by atoms with Gasteiger partial charge in [-0.3, -0.25) is 9.36 Å². The van der Waals surface area contributed by atoms with Crippen molar-refractivity contribution in [2.75, 3.05) is 5.73 Å². The summed E-state index contributed by atoms with van der Waals surface area (Å²) in [4.78, 5) is 24.7. The average Bonchev–Trinajstić information content (AvgIpc) is 3.06. The number of nitrogens with zero attached hydrogens (tertiary/aromatic N) is 4. The van der Waals surface area contributed by atoms with E-state index in [2.05, 4.69) is 15.0 Å². The number of hydrogen-bond donors (Lipinski definition) is 3. The van der Waals surface area contributed by atoms with Crippen LogP contribution in [0.4, 0.5) is 5.82 Å². The minimum Gasteiger partial charge on any atom is -0.383 e. The van der Waals surface area contributed by atoms with E-state index in [1.165, 1.54) is 6.20 Å². The summed E-state index contributed by atoms with van der Waals surface area (Å²) in [5.74, 6) is 0.363. The van der Waals surface area contributed by atoms with Gasteiger partial charge < -0.3 is 17.2 Å². The maximum atomic E-state index is 11.5. The van der Waals surface area contributed by atoms with Crippen LogP contribution in [0.25, 0.3) is 28.2 Å². The lowest BCUT2D eigenvalue weighted by atomic mass is 10.2. The first-order chi connectivity index (χ1) is 13.1. The Hall–Kier alpha value is -3.78. The van der Waals surface area contributed by atoms with Crippen molar-refractivity contribution >= 4 is 22.9 Å². The lowest BCUT2D eigenvalue weighted by Gasteiger charge is -2.10. The highest BCUT2D eigenvalue weighted by molar-refractivity contribution is 5.96. The second-order valence-electron chi connectivity index (χ2n) is 6.01. The number of carbonyl (C=O) groups excluding carboxylic acids is 1. The minimum absolute atomic E-state index is 0.288. The summed E-state index contributed by atoms with van der Waals surface area (Å²) in [7, 11) is 0. The van der Waals surface area contributed by atoms with Crippen molar-refractivity contribution in [1.29, 1.82) is 0 Å². The molecule has 0 spiro atoms. The van der Waals surface area contributed by atoms with Crippen LogP contribution >= 0.6 is 0 Å². The number of carbonyl (C=O) groups is 1. The molecule has 4 rings (SSSR count). The summed E-state index contributed by atoms with van der Waals surface area (Å²) in [5.41, 5.74) is 21.1. The standard InChI is InChI=1S/C19H17N7O/c20-9-11-3-5-13(6-4-11)26-18(14-2-1-7-23-16(14)21)25-15-8-12(17(22)27)10-24-19(15)26/h1-8,10H,9,20H2,(H2,21,23)(H2,22,27). The van der Waals surface area contributed by atoms with E-state index >= 15 is 0 Å². The highest BCUT2D eigenvalue weighted by atomic mass is 16.1. The summed E-state index contributed by atoms with van der Waals surface area (Å²) < 4.78 is 1.87. The molecule has 0 bridgehead atoms. The molecule has 0 fully saturated rings. The number of imidazole rings is 1. The molecule has 0 unspecified atom stereocenters. The first-order valence-electron chi connectivity index (χ1n) is 8.27. The van der Waals surface area contributed by atoms with Crippen LogP contribution in [0.15, 0.2) is 54.9 Å². The third-order valence-corrected chi connectivity index (χ3v) is 4.29. The fourth-order valence-corrected chi connectivity index (χ4v) is 2.91. The minimum atomic E-state index is -0.561. The number of nitrogen functional groups attached to an aromatic ring is 1. The Morgan fingerprint density at radius 1 is 1.11 bits per heavy atom. The summed E-state index contributed by atoms with van der Waals surface area (Å²) >= 11 is 0. The number of nitrogens with two attached hydrogens (primary N) is 3. The molecule has 0 saturated heterocycles. The maximum Gasteiger partial charge on any atom is 0.250 e. The SMILES string of the molecule is NCc1ccc(-n2c(-c3cccnc3N)nc3cc(C(N)=O)cnc32)cc1. The number of benzene rings is 1. The first-order valence-corrected chi connectivity index (χ1v) is 8.27. The van der Waals surface area contributed by atoms with Crippen LogP contribution in [-0.2, 0) is 6.54 Å². The summed E-state index contributed by atoms with van der Waals surface area (Å²) in [6.45, 7) is 0.452. The summed E-state index contributed by atoms with van der Waals surface area (Å²) in [6, 6.07) is 13.0. The number of amides is 1. The van der Waals surface area contributed by atoms with Gasteiger partial charge in [-0.25, -0.2) is 15.0 Å². The fraction of sp³-hybridized carbons (Fsp3) is 0.0526. The van der Waals surface area contributed by atoms with Gasteiger partial charge in [-0.1, -0.05) is 12.1 Å². The van der Waals surface area contributed by atoms with E-state index in [9.17, 15) is 4.79 Å². The predicted octanol–water partition coefficient (Wildman–Crippen LogP) is 1.62. The summed E-state index contributed by atoms with van der Waals surface area (Å²) in [6.07, 6.45) is 3.05. The van der Waals surface area contributed by atoms with Gasteiger partial charge in [0.25, 0.3) is 0 Å². The van der Waals surface area contributed by atoms with Crippen LogP contribution in [0.3, 0.4) is 0 Å². The van der Waals surface area contributed by atoms with E-state index < -0.39 is 5.91 Å². The van der Waals surface area contributed by atoms with Crippen LogP contribution < -0.4 is 17.2 Å². The zero-order chi connectivity index (χ0) is 19.0. The molecule has 0 aliphatic rings. The normalized spacial score (nSPS) is 11.0. The third-order valence-electron chi connectivity index (χ3n) is 4.29. The quantitative estimate of drug-likeness (QED) is 0.506. The van der Waals surface area contributed by atoms with Gasteiger partial charge >= 0.3 is 0 Å². The lowest BCUT2D eigenvalue weighted by Crippen LogP contribution is -2.11. The van der Waals surface area contributed by atoms with Crippen molar-refractivity contribution in [3.63, 3.8) is 0 Å². The molecule has 1 aromatic carbocycles. The molecule has 0 aliphatic carbocycles. The number of primary amides is 1. The first kappa shape index (κ1) is 16.7. The van der Waals surface area contributed by atoms with Gasteiger partial charge in [0.15, 0.2) is 11.5 Å². The molecule has 8 heteroatoms. The average molecular weight is 359 g/mol. The highest BCUT2D eigenvalue weighted by Gasteiger charge is 2.18. The maximum absolute atomic E-state index is 11.5. The van der Waals surface area contributed by atoms with E-state index in [4.69, 9.17) is 17.2 Å². The topological polar surface area (TPSA) is 139 Å². The Morgan fingerprint density at radius 2 is 1.89 bits per heavy atom. The van der Waals surface area contributed by atoms with Crippen molar-refractivity contribution in [2.24, 2.45) is 11.5 Å². The van der Waals surface area contributed by atoms with Crippen molar-refractivity contribution in [3.05, 3.63) is 66.0 Å². The van der Waals surface area contributed by atoms with Crippen molar-refractivity contribution in [2.45, 2.75) is 6.54 Å². The van der Waals surface area contributed by atoms with E-state index in [0.29, 0.717) is 34.9 Å². The zero-order valence-electron chi connectivity index (χ0n) is 14.3. The highest BCUT2D eigenvalue weighted by Crippen LogP contribution is 2.30. The van der Waals surface area contributed by atoms with E-state index in [0.717, 1.165) is 11.3 Å². The monoisotopic (exact) mass is 359 g/mol. The van der Waals surface area contributed by atoms with E-state index in [-0.39, 0.29) is 5.56 Å². The van der Waals surface area contributed by atoms with Gasteiger partial charge in [0.05, 0.1) is 11.1 Å². The predicted molar refractivity (Wildman–Crippen MR) is 103 cm³/mol. The van der Waals surface area contributed by atoms with E-state index in [1.54, 1.807) is 18.3 Å². The Balaban J connectivity index is 2.02. The molecule has 3 aromatic heterocycles. The lowest BCUT2D eigenvalue weighted by molar-refractivity contribution is 0.1000. The van der Waals surface area contributed by atoms with Gasteiger partial charge in [-0.15, -0.1) is 0 Å². The van der Waals surface area contributed by atoms with Crippen LogP contribution in [0.1, 0.15) is 15.9 Å². The molecule has 3 heterocycles. The van der Waals surface area contributed by atoms with Gasteiger partial charge in [0, 0.05) is 24.6 Å². The van der Waals surface area contributed by atoms with Crippen LogP contribution in [-0.4, -0.2) is 25.4 Å². The number of anilines is 1. The smallest absolute Gasteiger partial charge is 0.250 e. The molecule has 6 N–H and O–H groups in total. The molecule has 4 aromatic rings. The molecule has 1 amide bonds. The molecule has 134 valence electrons. The number of pyridine rings is 2. The van der Waals surface area contributed by atoms with Crippen molar-refractivity contribution < 1.29 is 4.79 Å². The molecule has 0 aliphatic heterocycles. The van der Waals surface area contributed by atoms with E-state index in [1.807, 2.05) is 34.9 Å². The number of aromatic nitrogens is 4. The third kappa shape index (κ3) is 2.87. The molecule has 8 nitrogen and oxygen atoms in total. The van der Waals surface area contributed by atoms with Gasteiger partial charge in [0.1, 0.15) is 11.3 Å². The Bertz CT molecular complexity index is 1150. The number of rotatable bonds is 4. The fourth-order valence-electron chi connectivity index (χ4n) is 2.91. The Kier molecular flexibility index (Phi) is 4.02. The van der Waals surface area contributed by atoms with Crippen LogP contribution in [0, 0.1) is 0 Å². The van der Waals surface area contributed by atoms with Crippen molar-refractivity contribution in [1.82, 2.24) is 19.5 Å². The molecule has 0 atom stereocenters. The Labute approximate surface area is 154 Å². The molecule has 27 heavy (non-hydrogen) atoms. The van der Waals surface area contributed by atoms with Gasteiger partial charge in [-0.2, -0.15) is 0 Å². The second-order valence-corrected chi connectivity index (χ2v) is 6.01.